The highest BCUT2D eigenvalue weighted by molar-refractivity contribution is 5.32. The van der Waals surface area contributed by atoms with E-state index in [0.717, 1.165) is 12.5 Å². The van der Waals surface area contributed by atoms with Crippen LogP contribution in [-0.2, 0) is 0 Å². The Labute approximate surface area is 118 Å². The molecule has 2 rings (SSSR count). The quantitative estimate of drug-likeness (QED) is 0.808. The summed E-state index contributed by atoms with van der Waals surface area (Å²) in [4.78, 5) is 0. The molecule has 3 atom stereocenters. The Hall–Kier alpha value is -0.820. The van der Waals surface area contributed by atoms with E-state index in [1.165, 1.54) is 24.0 Å². The highest BCUT2D eigenvalue weighted by Crippen LogP contribution is 2.54. The summed E-state index contributed by atoms with van der Waals surface area (Å²) in [7, 11) is 0. The maximum Gasteiger partial charge on any atom is 0.0132 e. The van der Waals surface area contributed by atoms with E-state index >= 15 is 0 Å². The van der Waals surface area contributed by atoms with E-state index in [1.54, 1.807) is 0 Å². The third-order valence-corrected chi connectivity index (χ3v) is 5.28. The van der Waals surface area contributed by atoms with Gasteiger partial charge in [-0.1, -0.05) is 58.9 Å². The van der Waals surface area contributed by atoms with Crippen molar-refractivity contribution in [1.82, 2.24) is 5.32 Å². The maximum atomic E-state index is 3.65. The predicted molar refractivity (Wildman–Crippen MR) is 83.8 cm³/mol. The summed E-state index contributed by atoms with van der Waals surface area (Å²) in [6.45, 7) is 12.6. The van der Waals surface area contributed by atoms with Crippen LogP contribution in [-0.4, -0.2) is 12.6 Å². The normalized spacial score (nSPS) is 30.4. The zero-order chi connectivity index (χ0) is 14.0. The molecule has 3 unspecified atom stereocenters. The Morgan fingerprint density at radius 1 is 1.21 bits per heavy atom. The molecule has 0 amide bonds. The van der Waals surface area contributed by atoms with Crippen LogP contribution in [0.2, 0.25) is 0 Å². The molecule has 1 saturated carbocycles. The van der Waals surface area contributed by atoms with Gasteiger partial charge in [-0.25, -0.2) is 0 Å². The maximum absolute atomic E-state index is 3.65. The summed E-state index contributed by atoms with van der Waals surface area (Å²) in [5, 5.41) is 3.65. The Bertz CT molecular complexity index is 406. The van der Waals surface area contributed by atoms with Gasteiger partial charge < -0.3 is 5.32 Å². The van der Waals surface area contributed by atoms with Gasteiger partial charge in [0.25, 0.3) is 0 Å². The summed E-state index contributed by atoms with van der Waals surface area (Å²) in [5.41, 5.74) is 3.41. The van der Waals surface area contributed by atoms with Crippen LogP contribution in [0, 0.1) is 5.41 Å². The monoisotopic (exact) mass is 259 g/mol. The van der Waals surface area contributed by atoms with Crippen LogP contribution in [0.1, 0.15) is 70.4 Å². The van der Waals surface area contributed by atoms with Crippen molar-refractivity contribution in [3.63, 3.8) is 0 Å². The lowest BCUT2D eigenvalue weighted by atomic mass is 9.54. The van der Waals surface area contributed by atoms with Crippen LogP contribution in [0.15, 0.2) is 24.3 Å². The van der Waals surface area contributed by atoms with Gasteiger partial charge in [0.2, 0.25) is 0 Å². The van der Waals surface area contributed by atoms with Crippen molar-refractivity contribution in [2.45, 2.75) is 65.3 Å². The third-order valence-electron chi connectivity index (χ3n) is 5.28. The molecule has 106 valence electrons. The summed E-state index contributed by atoms with van der Waals surface area (Å²) in [6.07, 6.45) is 2.54. The molecule has 1 aliphatic rings. The van der Waals surface area contributed by atoms with E-state index in [4.69, 9.17) is 0 Å². The molecule has 0 bridgehead atoms. The van der Waals surface area contributed by atoms with Crippen molar-refractivity contribution >= 4 is 0 Å². The van der Waals surface area contributed by atoms with Gasteiger partial charge in [-0.05, 0) is 47.8 Å². The van der Waals surface area contributed by atoms with Crippen molar-refractivity contribution in [3.05, 3.63) is 35.4 Å². The Balaban J connectivity index is 2.14. The summed E-state index contributed by atoms with van der Waals surface area (Å²) in [6, 6.07) is 10.0. The first-order valence-corrected chi connectivity index (χ1v) is 7.86. The predicted octanol–water partition coefficient (Wildman–Crippen LogP) is 4.69. The molecule has 1 aromatic rings. The van der Waals surface area contributed by atoms with Crippen molar-refractivity contribution < 1.29 is 0 Å². The molecule has 0 saturated heterocycles. The second-order valence-electron chi connectivity index (χ2n) is 6.58. The van der Waals surface area contributed by atoms with E-state index in [9.17, 15) is 0 Å². The summed E-state index contributed by atoms with van der Waals surface area (Å²) >= 11 is 0. The van der Waals surface area contributed by atoms with Crippen molar-refractivity contribution in [1.29, 1.82) is 0 Å². The van der Waals surface area contributed by atoms with E-state index in [1.807, 2.05) is 0 Å². The molecular formula is C18H29N. The third kappa shape index (κ3) is 2.58. The van der Waals surface area contributed by atoms with Crippen LogP contribution in [0.4, 0.5) is 0 Å². The minimum Gasteiger partial charge on any atom is -0.314 e. The first-order valence-electron chi connectivity index (χ1n) is 7.86. The number of hydrogen-bond donors (Lipinski definition) is 1. The van der Waals surface area contributed by atoms with Gasteiger partial charge >= 0.3 is 0 Å². The van der Waals surface area contributed by atoms with Gasteiger partial charge in [0.15, 0.2) is 0 Å². The number of nitrogens with one attached hydrogen (secondary N) is 1. The molecule has 0 aliphatic heterocycles. The lowest BCUT2D eigenvalue weighted by molar-refractivity contribution is 0.0455. The number of rotatable bonds is 5. The molecule has 0 spiro atoms. The summed E-state index contributed by atoms with van der Waals surface area (Å²) in [5.74, 6) is 1.35. The zero-order valence-corrected chi connectivity index (χ0v) is 13.2. The average molecular weight is 259 g/mol. The fourth-order valence-corrected chi connectivity index (χ4v) is 3.54. The van der Waals surface area contributed by atoms with Crippen molar-refractivity contribution in [2.24, 2.45) is 5.41 Å². The first-order chi connectivity index (χ1) is 9.02. The minimum atomic E-state index is 0.426. The van der Waals surface area contributed by atoms with Crippen LogP contribution < -0.4 is 5.32 Å². The standard InChI is InChI=1S/C18H29N/c1-6-18(5)16(12-17(18)19-7-2)15-10-8-14(9-11-15)13(3)4/h8-11,13,16-17,19H,6-7,12H2,1-5H3. The van der Waals surface area contributed by atoms with Gasteiger partial charge in [0.05, 0.1) is 0 Å². The molecule has 1 aliphatic carbocycles. The Kier molecular flexibility index (Phi) is 4.35. The van der Waals surface area contributed by atoms with Gasteiger partial charge in [0, 0.05) is 6.04 Å². The molecule has 0 aromatic heterocycles. The topological polar surface area (TPSA) is 12.0 Å². The van der Waals surface area contributed by atoms with Gasteiger partial charge in [-0.15, -0.1) is 0 Å². The van der Waals surface area contributed by atoms with E-state index in [-0.39, 0.29) is 0 Å². The van der Waals surface area contributed by atoms with Gasteiger partial charge in [-0.3, -0.25) is 0 Å². The van der Waals surface area contributed by atoms with E-state index in [2.05, 4.69) is 64.2 Å². The zero-order valence-electron chi connectivity index (χ0n) is 13.2. The fourth-order valence-electron chi connectivity index (χ4n) is 3.54. The molecule has 0 radical (unpaired) electrons. The first kappa shape index (κ1) is 14.6. The van der Waals surface area contributed by atoms with Gasteiger partial charge in [0.1, 0.15) is 0 Å². The molecule has 0 heterocycles. The van der Waals surface area contributed by atoms with Gasteiger partial charge in [-0.2, -0.15) is 0 Å². The fraction of sp³-hybridized carbons (Fsp3) is 0.667. The molecule has 1 heteroatoms. The smallest absolute Gasteiger partial charge is 0.0132 e. The highest BCUT2D eigenvalue weighted by Gasteiger charge is 2.50. The highest BCUT2D eigenvalue weighted by atomic mass is 15.0. The van der Waals surface area contributed by atoms with Crippen LogP contribution in [0.25, 0.3) is 0 Å². The number of benzene rings is 1. The van der Waals surface area contributed by atoms with Crippen LogP contribution in [0.3, 0.4) is 0 Å². The largest absolute Gasteiger partial charge is 0.314 e. The van der Waals surface area contributed by atoms with Crippen LogP contribution in [0.5, 0.6) is 0 Å². The van der Waals surface area contributed by atoms with E-state index < -0.39 is 0 Å². The lowest BCUT2D eigenvalue weighted by Crippen LogP contribution is -2.56. The Morgan fingerprint density at radius 3 is 2.32 bits per heavy atom. The lowest BCUT2D eigenvalue weighted by Gasteiger charge is -2.55. The molecule has 1 aromatic carbocycles. The minimum absolute atomic E-state index is 0.426. The summed E-state index contributed by atoms with van der Waals surface area (Å²) < 4.78 is 0. The van der Waals surface area contributed by atoms with Crippen LogP contribution >= 0.6 is 0 Å². The molecule has 1 nitrogen and oxygen atoms in total. The second kappa shape index (κ2) is 5.66. The van der Waals surface area contributed by atoms with Crippen molar-refractivity contribution in [3.8, 4) is 0 Å². The number of hydrogen-bond acceptors (Lipinski definition) is 1. The van der Waals surface area contributed by atoms with E-state index in [0.29, 0.717) is 17.4 Å². The molecule has 1 N–H and O–H groups in total. The average Bonchev–Trinajstić information content (AvgIpc) is 2.42. The molecule has 1 fully saturated rings. The second-order valence-corrected chi connectivity index (χ2v) is 6.58. The van der Waals surface area contributed by atoms with Crippen molar-refractivity contribution in [2.75, 3.05) is 6.54 Å². The molecular weight excluding hydrogens is 230 g/mol. The molecule has 19 heavy (non-hydrogen) atoms. The SMILES string of the molecule is CCNC1CC(c2ccc(C(C)C)cc2)C1(C)CC. The Morgan fingerprint density at radius 2 is 1.84 bits per heavy atom.